The Morgan fingerprint density at radius 2 is 1.85 bits per heavy atom. The molecule has 0 bridgehead atoms. The standard InChI is InChI=1S/C9H19NO.C2H6/c1-10(2)9-6-4-5-8(9)7-11-3;1-2/h8-9H,4-7H2,1-3H3;1-2H3. The van der Waals surface area contributed by atoms with E-state index in [0.29, 0.717) is 0 Å². The van der Waals surface area contributed by atoms with Crippen LogP contribution in [0.25, 0.3) is 0 Å². The summed E-state index contributed by atoms with van der Waals surface area (Å²) in [5.41, 5.74) is 0. The van der Waals surface area contributed by atoms with E-state index in [0.717, 1.165) is 18.6 Å². The summed E-state index contributed by atoms with van der Waals surface area (Å²) in [5.74, 6) is 0.773. The molecule has 1 saturated carbocycles. The summed E-state index contributed by atoms with van der Waals surface area (Å²) >= 11 is 0. The molecule has 0 aromatic carbocycles. The van der Waals surface area contributed by atoms with Gasteiger partial charge < -0.3 is 9.64 Å². The van der Waals surface area contributed by atoms with Crippen LogP contribution in [-0.4, -0.2) is 38.8 Å². The first kappa shape index (κ1) is 12.9. The predicted octanol–water partition coefficient (Wildman–Crippen LogP) is 2.39. The molecule has 0 saturated heterocycles. The van der Waals surface area contributed by atoms with Crippen molar-refractivity contribution in [1.29, 1.82) is 0 Å². The summed E-state index contributed by atoms with van der Waals surface area (Å²) in [7, 11) is 6.13. The van der Waals surface area contributed by atoms with Crippen molar-refractivity contribution < 1.29 is 4.74 Å². The molecule has 0 aromatic heterocycles. The Balaban J connectivity index is 0.000000671. The monoisotopic (exact) mass is 187 g/mol. The van der Waals surface area contributed by atoms with Gasteiger partial charge in [-0.25, -0.2) is 0 Å². The zero-order valence-corrected chi connectivity index (χ0v) is 9.84. The van der Waals surface area contributed by atoms with Crippen LogP contribution in [-0.2, 0) is 4.74 Å². The molecule has 0 heterocycles. The SMILES string of the molecule is CC.COCC1CCCC1N(C)C. The van der Waals surface area contributed by atoms with Crippen LogP contribution in [0.15, 0.2) is 0 Å². The van der Waals surface area contributed by atoms with Gasteiger partial charge in [0.05, 0.1) is 6.61 Å². The summed E-state index contributed by atoms with van der Waals surface area (Å²) in [4.78, 5) is 2.33. The minimum Gasteiger partial charge on any atom is -0.384 e. The van der Waals surface area contributed by atoms with Gasteiger partial charge in [-0.2, -0.15) is 0 Å². The molecule has 0 N–H and O–H groups in total. The maximum absolute atomic E-state index is 5.18. The number of rotatable bonds is 3. The van der Waals surface area contributed by atoms with E-state index in [1.54, 1.807) is 7.11 Å². The average molecular weight is 187 g/mol. The second-order valence-corrected chi connectivity index (χ2v) is 3.68. The number of hydrogen-bond acceptors (Lipinski definition) is 2. The number of hydrogen-bond donors (Lipinski definition) is 0. The molecule has 1 aliphatic carbocycles. The average Bonchev–Trinajstić information content (AvgIpc) is 2.57. The van der Waals surface area contributed by atoms with Crippen molar-refractivity contribution in [1.82, 2.24) is 4.90 Å². The van der Waals surface area contributed by atoms with Crippen LogP contribution in [0.1, 0.15) is 33.1 Å². The van der Waals surface area contributed by atoms with Gasteiger partial charge in [-0.3, -0.25) is 0 Å². The lowest BCUT2D eigenvalue weighted by molar-refractivity contribution is 0.113. The van der Waals surface area contributed by atoms with Gasteiger partial charge in [-0.15, -0.1) is 0 Å². The van der Waals surface area contributed by atoms with Crippen LogP contribution in [0, 0.1) is 5.92 Å². The Hall–Kier alpha value is -0.0800. The number of ether oxygens (including phenoxy) is 1. The largest absolute Gasteiger partial charge is 0.384 e. The van der Waals surface area contributed by atoms with E-state index >= 15 is 0 Å². The fourth-order valence-electron chi connectivity index (χ4n) is 2.11. The smallest absolute Gasteiger partial charge is 0.0505 e. The number of nitrogens with zero attached hydrogens (tertiary/aromatic N) is 1. The number of methoxy groups -OCH3 is 1. The molecule has 2 nitrogen and oxygen atoms in total. The first-order chi connectivity index (χ1) is 6.25. The molecular weight excluding hydrogens is 162 g/mol. The third kappa shape index (κ3) is 4.10. The van der Waals surface area contributed by atoms with E-state index in [9.17, 15) is 0 Å². The van der Waals surface area contributed by atoms with E-state index in [4.69, 9.17) is 4.74 Å². The summed E-state index contributed by atoms with van der Waals surface area (Å²) in [5, 5.41) is 0. The van der Waals surface area contributed by atoms with Crippen molar-refractivity contribution in [2.45, 2.75) is 39.2 Å². The van der Waals surface area contributed by atoms with Gasteiger partial charge in [0, 0.05) is 13.2 Å². The van der Waals surface area contributed by atoms with Gasteiger partial charge in [0.1, 0.15) is 0 Å². The van der Waals surface area contributed by atoms with Gasteiger partial charge in [0.25, 0.3) is 0 Å². The van der Waals surface area contributed by atoms with Gasteiger partial charge in [-0.1, -0.05) is 20.3 Å². The molecule has 0 aromatic rings. The van der Waals surface area contributed by atoms with E-state index in [2.05, 4.69) is 19.0 Å². The summed E-state index contributed by atoms with van der Waals surface area (Å²) in [6, 6.07) is 0.759. The topological polar surface area (TPSA) is 12.5 Å². The Labute approximate surface area is 83.3 Å². The highest BCUT2D eigenvalue weighted by Crippen LogP contribution is 2.28. The van der Waals surface area contributed by atoms with Crippen LogP contribution in [0.5, 0.6) is 0 Å². The lowest BCUT2D eigenvalue weighted by Gasteiger charge is -2.25. The first-order valence-electron chi connectivity index (χ1n) is 5.41. The molecule has 1 aliphatic rings. The zero-order chi connectivity index (χ0) is 10.3. The van der Waals surface area contributed by atoms with E-state index < -0.39 is 0 Å². The second-order valence-electron chi connectivity index (χ2n) is 3.68. The predicted molar refractivity (Wildman–Crippen MR) is 58.0 cm³/mol. The molecule has 2 heteroatoms. The fraction of sp³-hybridized carbons (Fsp3) is 1.00. The molecule has 0 spiro atoms. The van der Waals surface area contributed by atoms with Crippen molar-refractivity contribution in [3.63, 3.8) is 0 Å². The van der Waals surface area contributed by atoms with Gasteiger partial charge in [-0.05, 0) is 32.9 Å². The van der Waals surface area contributed by atoms with Crippen LogP contribution < -0.4 is 0 Å². The highest BCUT2D eigenvalue weighted by atomic mass is 16.5. The molecule has 1 fully saturated rings. The van der Waals surface area contributed by atoms with Crippen LogP contribution in [0.4, 0.5) is 0 Å². The summed E-state index contributed by atoms with van der Waals surface area (Å²) in [6.07, 6.45) is 4.06. The van der Waals surface area contributed by atoms with Gasteiger partial charge in [0.2, 0.25) is 0 Å². The third-order valence-corrected chi connectivity index (χ3v) is 2.66. The Morgan fingerprint density at radius 1 is 1.23 bits per heavy atom. The maximum atomic E-state index is 5.18. The Bertz CT molecular complexity index is 115. The lowest BCUT2D eigenvalue weighted by Crippen LogP contribution is -2.33. The molecule has 1 rings (SSSR count). The summed E-state index contributed by atoms with van der Waals surface area (Å²) < 4.78 is 5.18. The van der Waals surface area contributed by atoms with Crippen LogP contribution >= 0.6 is 0 Å². The Morgan fingerprint density at radius 3 is 2.31 bits per heavy atom. The fourth-order valence-corrected chi connectivity index (χ4v) is 2.11. The molecule has 0 radical (unpaired) electrons. The molecule has 2 unspecified atom stereocenters. The maximum Gasteiger partial charge on any atom is 0.0505 e. The molecule has 80 valence electrons. The van der Waals surface area contributed by atoms with Crippen LogP contribution in [0.3, 0.4) is 0 Å². The molecule has 0 amide bonds. The lowest BCUT2D eigenvalue weighted by atomic mass is 10.0. The van der Waals surface area contributed by atoms with E-state index in [1.165, 1.54) is 19.3 Å². The molecule has 2 atom stereocenters. The van der Waals surface area contributed by atoms with E-state index in [-0.39, 0.29) is 0 Å². The molecule has 13 heavy (non-hydrogen) atoms. The third-order valence-electron chi connectivity index (χ3n) is 2.66. The first-order valence-corrected chi connectivity index (χ1v) is 5.41. The summed E-state index contributed by atoms with van der Waals surface area (Å²) in [6.45, 7) is 4.93. The zero-order valence-electron chi connectivity index (χ0n) is 9.84. The van der Waals surface area contributed by atoms with Gasteiger partial charge in [0.15, 0.2) is 0 Å². The normalized spacial score (nSPS) is 27.2. The second kappa shape index (κ2) is 7.34. The van der Waals surface area contributed by atoms with Gasteiger partial charge >= 0.3 is 0 Å². The van der Waals surface area contributed by atoms with E-state index in [1.807, 2.05) is 13.8 Å². The van der Waals surface area contributed by atoms with Crippen molar-refractivity contribution in [3.8, 4) is 0 Å². The molecular formula is C11H25NO. The molecule has 0 aliphatic heterocycles. The minimum absolute atomic E-state index is 0.759. The minimum atomic E-state index is 0.759. The quantitative estimate of drug-likeness (QED) is 0.672. The highest BCUT2D eigenvalue weighted by Gasteiger charge is 2.28. The Kier molecular flexibility index (Phi) is 7.29. The van der Waals surface area contributed by atoms with Crippen molar-refractivity contribution in [3.05, 3.63) is 0 Å². The highest BCUT2D eigenvalue weighted by molar-refractivity contribution is 4.82. The van der Waals surface area contributed by atoms with Crippen molar-refractivity contribution in [2.24, 2.45) is 5.92 Å². The van der Waals surface area contributed by atoms with Crippen molar-refractivity contribution in [2.75, 3.05) is 27.8 Å². The van der Waals surface area contributed by atoms with Crippen molar-refractivity contribution >= 4 is 0 Å². The van der Waals surface area contributed by atoms with Crippen LogP contribution in [0.2, 0.25) is 0 Å².